The molecular formula is C69H86F4O4. The molecule has 0 radical (unpaired) electrons. The molecule has 0 atom stereocenters. The first-order chi connectivity index (χ1) is 37.5. The van der Waals surface area contributed by atoms with Gasteiger partial charge in [0.15, 0.2) is 23.1 Å². The second kappa shape index (κ2) is 35.4. The lowest BCUT2D eigenvalue weighted by molar-refractivity contribution is 0.0718. The van der Waals surface area contributed by atoms with Crippen molar-refractivity contribution in [3.8, 4) is 33.8 Å². The first kappa shape index (κ1) is 61.8. The van der Waals surface area contributed by atoms with Gasteiger partial charge in [-0.25, -0.2) is 27.2 Å². The first-order valence-electron chi connectivity index (χ1n) is 29.3. The number of unbranched alkanes of at least 4 members (excludes halogenated alkanes) is 19. The van der Waals surface area contributed by atoms with Crippen molar-refractivity contribution in [2.45, 2.75) is 201 Å². The Morgan fingerprint density at radius 3 is 0.922 bits per heavy atom. The van der Waals surface area contributed by atoms with Crippen LogP contribution in [0.25, 0.3) is 22.3 Å². The van der Waals surface area contributed by atoms with Crippen molar-refractivity contribution >= 4 is 11.9 Å². The Labute approximate surface area is 459 Å². The molecule has 0 saturated heterocycles. The molecule has 0 heterocycles. The zero-order valence-corrected chi connectivity index (χ0v) is 46.8. The predicted octanol–water partition coefficient (Wildman–Crippen LogP) is 20.9. The second-order valence-electron chi connectivity index (χ2n) is 20.8. The van der Waals surface area contributed by atoms with Crippen LogP contribution < -0.4 is 9.47 Å². The molecule has 0 aliphatic heterocycles. The Balaban J connectivity index is 0.000000284. The zero-order valence-electron chi connectivity index (χ0n) is 46.8. The third-order valence-electron chi connectivity index (χ3n) is 14.4. The molecule has 8 heteroatoms. The fourth-order valence-electron chi connectivity index (χ4n) is 9.57. The van der Waals surface area contributed by atoms with Crippen molar-refractivity contribution in [1.82, 2.24) is 0 Å². The number of aryl methyl sites for hydroxylation is 4. The first-order valence-corrected chi connectivity index (χ1v) is 29.3. The largest absolute Gasteiger partial charge is 0.420 e. The number of hydrogen-bond acceptors (Lipinski definition) is 4. The van der Waals surface area contributed by atoms with E-state index in [1.807, 2.05) is 36.4 Å². The highest BCUT2D eigenvalue weighted by Gasteiger charge is 2.16. The van der Waals surface area contributed by atoms with Crippen LogP contribution in [-0.4, -0.2) is 11.9 Å². The van der Waals surface area contributed by atoms with Crippen molar-refractivity contribution in [2.24, 2.45) is 0 Å². The molecule has 6 aromatic rings. The molecule has 0 N–H and O–H groups in total. The summed E-state index contributed by atoms with van der Waals surface area (Å²) in [6, 6.07) is 33.8. The topological polar surface area (TPSA) is 52.6 Å². The lowest BCUT2D eigenvalue weighted by Crippen LogP contribution is -2.09. The maximum atomic E-state index is 14.7. The average Bonchev–Trinajstić information content (AvgIpc) is 3.44. The lowest BCUT2D eigenvalue weighted by Gasteiger charge is -2.09. The zero-order chi connectivity index (χ0) is 55.0. The van der Waals surface area contributed by atoms with Gasteiger partial charge in [0.25, 0.3) is 0 Å². The summed E-state index contributed by atoms with van der Waals surface area (Å²) in [4.78, 5) is 25.2. The van der Waals surface area contributed by atoms with E-state index in [9.17, 15) is 27.2 Å². The number of esters is 2. The van der Waals surface area contributed by atoms with E-state index < -0.39 is 23.6 Å². The van der Waals surface area contributed by atoms with E-state index >= 15 is 0 Å². The summed E-state index contributed by atoms with van der Waals surface area (Å²) < 4.78 is 69.2. The minimum absolute atomic E-state index is 0.0697. The Kier molecular flexibility index (Phi) is 28.4. The van der Waals surface area contributed by atoms with E-state index in [1.165, 1.54) is 121 Å². The van der Waals surface area contributed by atoms with Crippen LogP contribution in [0.5, 0.6) is 11.5 Å². The standard InChI is InChI=1S/C35H44F2O2.C34H42F2O2/c1-3-5-7-9-10-12-13-15-27-17-24-34(33(37)25-27)39-35(38)30-21-18-28(19-22-30)31-23-20-29(32(36)26-31)16-14-11-8-6-4-2;1-3-5-7-9-11-12-14-26-16-23-33(32(36)24-26)38-34(37)29-20-17-27(18-21-29)30-22-19-28(31(35)25-30)15-13-10-8-6-4-2/h17-26H,3-16H2,1-2H3;16-25H,3-15H2,1-2H3. The molecule has 0 aromatic heterocycles. The number of hydrogen-bond donors (Lipinski definition) is 0. The monoisotopic (exact) mass is 1050 g/mol. The molecule has 0 aliphatic rings. The fraction of sp³-hybridized carbons (Fsp3) is 0.449. The Morgan fingerprint density at radius 1 is 0.312 bits per heavy atom. The van der Waals surface area contributed by atoms with Crippen LogP contribution in [0.3, 0.4) is 0 Å². The van der Waals surface area contributed by atoms with E-state index in [-0.39, 0.29) is 23.1 Å². The maximum Gasteiger partial charge on any atom is 0.343 e. The van der Waals surface area contributed by atoms with Gasteiger partial charge in [0, 0.05) is 0 Å². The van der Waals surface area contributed by atoms with Gasteiger partial charge >= 0.3 is 11.9 Å². The van der Waals surface area contributed by atoms with E-state index in [2.05, 4.69) is 27.7 Å². The quantitative estimate of drug-likeness (QED) is 0.0178. The molecule has 0 unspecified atom stereocenters. The van der Waals surface area contributed by atoms with Crippen LogP contribution in [0.4, 0.5) is 17.6 Å². The number of halogens is 4. The third kappa shape index (κ3) is 22.1. The second-order valence-corrected chi connectivity index (χ2v) is 20.8. The molecule has 0 bridgehead atoms. The minimum atomic E-state index is -0.622. The predicted molar refractivity (Wildman–Crippen MR) is 310 cm³/mol. The Hall–Kier alpha value is -6.02. The number of rotatable bonds is 33. The molecule has 0 saturated carbocycles. The van der Waals surface area contributed by atoms with Gasteiger partial charge in [0.05, 0.1) is 11.1 Å². The fourth-order valence-corrected chi connectivity index (χ4v) is 9.57. The highest BCUT2D eigenvalue weighted by atomic mass is 19.1. The number of benzene rings is 6. The summed E-state index contributed by atoms with van der Waals surface area (Å²) in [6.45, 7) is 8.78. The van der Waals surface area contributed by atoms with Crippen molar-refractivity contribution in [2.75, 3.05) is 0 Å². The summed E-state index contributed by atoms with van der Waals surface area (Å²) in [5.74, 6) is -2.83. The maximum absolute atomic E-state index is 14.7. The van der Waals surface area contributed by atoms with Crippen LogP contribution in [0.15, 0.2) is 121 Å². The molecule has 4 nitrogen and oxygen atoms in total. The van der Waals surface area contributed by atoms with Crippen LogP contribution in [0.2, 0.25) is 0 Å². The van der Waals surface area contributed by atoms with Crippen molar-refractivity contribution in [3.63, 3.8) is 0 Å². The SMILES string of the molecule is CCCCCCCCCc1ccc(OC(=O)c2ccc(-c3ccc(CCCCCCC)c(F)c3)cc2)c(F)c1.CCCCCCCCc1ccc(OC(=O)c2ccc(-c3ccc(CCCCCCC)c(F)c3)cc2)c(F)c1. The van der Waals surface area contributed by atoms with Gasteiger partial charge in [-0.2, -0.15) is 0 Å². The molecule has 0 fully saturated rings. The van der Waals surface area contributed by atoms with Gasteiger partial charge < -0.3 is 9.47 Å². The molecular weight excluding hydrogens is 969 g/mol. The van der Waals surface area contributed by atoms with Crippen molar-refractivity contribution < 1.29 is 36.6 Å². The van der Waals surface area contributed by atoms with Crippen LogP contribution in [0.1, 0.15) is 218 Å². The molecule has 6 rings (SSSR count). The van der Waals surface area contributed by atoms with E-state index in [1.54, 1.807) is 60.7 Å². The highest BCUT2D eigenvalue weighted by Crippen LogP contribution is 2.28. The smallest absolute Gasteiger partial charge is 0.343 e. The molecule has 0 spiro atoms. The van der Waals surface area contributed by atoms with Gasteiger partial charge in [0.2, 0.25) is 0 Å². The molecule has 77 heavy (non-hydrogen) atoms. The van der Waals surface area contributed by atoms with Gasteiger partial charge in [-0.05, 0) is 157 Å². The number of carbonyl (C=O) groups is 2. The summed E-state index contributed by atoms with van der Waals surface area (Å²) in [5.41, 5.74) is 7.06. The number of ether oxygens (including phenoxy) is 2. The average molecular weight is 1060 g/mol. The summed E-state index contributed by atoms with van der Waals surface area (Å²) in [6.07, 6.45) is 30.2. The van der Waals surface area contributed by atoms with Gasteiger partial charge in [-0.3, -0.25) is 0 Å². The van der Waals surface area contributed by atoms with Gasteiger partial charge in [0.1, 0.15) is 11.6 Å². The van der Waals surface area contributed by atoms with E-state index in [4.69, 9.17) is 9.47 Å². The molecule has 0 aliphatic carbocycles. The lowest BCUT2D eigenvalue weighted by atomic mass is 9.99. The van der Waals surface area contributed by atoms with Crippen molar-refractivity contribution in [3.05, 3.63) is 178 Å². The molecule has 6 aromatic carbocycles. The summed E-state index contributed by atoms with van der Waals surface area (Å²) >= 11 is 0. The number of carbonyl (C=O) groups excluding carboxylic acids is 2. The van der Waals surface area contributed by atoms with E-state index in [0.717, 1.165) is 122 Å². The minimum Gasteiger partial charge on any atom is -0.420 e. The van der Waals surface area contributed by atoms with E-state index in [0.29, 0.717) is 11.1 Å². The molecule has 0 amide bonds. The Morgan fingerprint density at radius 2 is 0.610 bits per heavy atom. The summed E-state index contributed by atoms with van der Waals surface area (Å²) in [5, 5.41) is 0. The summed E-state index contributed by atoms with van der Waals surface area (Å²) in [7, 11) is 0. The normalized spacial score (nSPS) is 11.1. The van der Waals surface area contributed by atoms with Gasteiger partial charge in [-0.1, -0.05) is 210 Å². The van der Waals surface area contributed by atoms with Gasteiger partial charge in [-0.15, -0.1) is 0 Å². The third-order valence-corrected chi connectivity index (χ3v) is 14.4. The van der Waals surface area contributed by atoms with Crippen LogP contribution in [-0.2, 0) is 25.7 Å². The highest BCUT2D eigenvalue weighted by molar-refractivity contribution is 5.92. The van der Waals surface area contributed by atoms with Crippen LogP contribution >= 0.6 is 0 Å². The van der Waals surface area contributed by atoms with Crippen LogP contribution in [0, 0.1) is 23.3 Å². The van der Waals surface area contributed by atoms with Crippen molar-refractivity contribution in [1.29, 1.82) is 0 Å². The Bertz CT molecular complexity index is 2660. The molecule has 414 valence electrons.